The Morgan fingerprint density at radius 1 is 1.50 bits per heavy atom. The van der Waals surface area contributed by atoms with E-state index < -0.39 is 8.55 Å². The monoisotopic (exact) mass is 281 g/mol. The third-order valence-corrected chi connectivity index (χ3v) is 0. The number of halogens is 1. The van der Waals surface area contributed by atoms with Gasteiger partial charge in [-0.05, 0) is 0 Å². The largest absolute Gasteiger partial charge is 3.00 e. The fourth-order valence-corrected chi connectivity index (χ4v) is 0. The van der Waals surface area contributed by atoms with Gasteiger partial charge in [-0.2, -0.15) is 8.42 Å². The molecule has 34 valence electrons. The minimum absolute atomic E-state index is 0. The first-order valence-electron chi connectivity index (χ1n) is 0.670. The molecule has 0 aliphatic carbocycles. The summed E-state index contributed by atoms with van der Waals surface area (Å²) in [6, 6.07) is 0. The minimum Gasteiger partial charge on any atom is -0.277 e. The first kappa shape index (κ1) is 10.2. The zero-order valence-corrected chi connectivity index (χ0v) is 7.45. The van der Waals surface area contributed by atoms with Crippen LogP contribution in [0, 0.1) is 0 Å². The summed E-state index contributed by atoms with van der Waals surface area (Å²) < 4.78 is 25.6. The topological polar surface area (TPSA) is 54.4 Å². The van der Waals surface area contributed by atoms with E-state index in [-0.39, 0.29) is 24.4 Å². The van der Waals surface area contributed by atoms with Gasteiger partial charge in [0.05, 0.1) is 14.8 Å². The second-order valence-electron chi connectivity index (χ2n) is 0.412. The van der Waals surface area contributed by atoms with Crippen LogP contribution in [0.15, 0.2) is 0 Å². The molecule has 0 aliphatic rings. The van der Waals surface area contributed by atoms with Gasteiger partial charge < -0.3 is 0 Å². The Morgan fingerprint density at radius 3 is 1.50 bits per heavy atom. The summed E-state index contributed by atoms with van der Waals surface area (Å²) in [4.78, 5) is 0. The molecule has 1 N–H and O–H groups in total. The van der Waals surface area contributed by atoms with Crippen molar-refractivity contribution in [3.05, 3.63) is 0 Å². The van der Waals surface area contributed by atoms with E-state index in [0.717, 1.165) is 0 Å². The summed E-state index contributed by atoms with van der Waals surface area (Å²) in [6.07, 6.45) is 0. The van der Waals surface area contributed by atoms with Crippen LogP contribution >= 0.6 is 14.8 Å². The molecular weight excluding hydrogens is 282 g/mol. The van der Waals surface area contributed by atoms with E-state index in [1.807, 2.05) is 14.8 Å². The fraction of sp³-hybridized carbons (Fsp3) is 0. The third-order valence-electron chi connectivity index (χ3n) is 0. The van der Waals surface area contributed by atoms with Gasteiger partial charge in [-0.3, -0.25) is 4.55 Å². The van der Waals surface area contributed by atoms with Crippen LogP contribution in [0.2, 0.25) is 0 Å². The Morgan fingerprint density at radius 2 is 1.50 bits per heavy atom. The van der Waals surface area contributed by atoms with E-state index in [2.05, 4.69) is 0 Å². The second-order valence-corrected chi connectivity index (χ2v) is 3.69. The van der Waals surface area contributed by atoms with Crippen molar-refractivity contribution in [3.63, 3.8) is 0 Å². The van der Waals surface area contributed by atoms with E-state index in [4.69, 9.17) is 13.0 Å². The average molecular weight is 283 g/mol. The molecule has 0 heterocycles. The molecule has 3 nitrogen and oxygen atoms in total. The van der Waals surface area contributed by atoms with E-state index >= 15 is 0 Å². The standard InChI is InChI=1S/BrHO3S.Sb/c1-5(2,3)4;/h(H,2,3,4);/q;+3. The molecule has 6 heavy (non-hydrogen) atoms. The van der Waals surface area contributed by atoms with Gasteiger partial charge in [0.15, 0.2) is 0 Å². The van der Waals surface area contributed by atoms with Crippen LogP contribution in [0.25, 0.3) is 0 Å². The molecule has 0 aromatic rings. The zero-order chi connectivity index (χ0) is 4.50. The maximum Gasteiger partial charge on any atom is 3.00 e. The van der Waals surface area contributed by atoms with Crippen molar-refractivity contribution in [2.24, 2.45) is 0 Å². The van der Waals surface area contributed by atoms with Crippen molar-refractivity contribution in [1.29, 1.82) is 0 Å². The van der Waals surface area contributed by atoms with Crippen LogP contribution in [0.5, 0.6) is 0 Å². The molecule has 0 spiro atoms. The summed E-state index contributed by atoms with van der Waals surface area (Å²) in [5, 5.41) is 0. The van der Waals surface area contributed by atoms with Crippen molar-refractivity contribution in [3.8, 4) is 0 Å². The Kier molecular flexibility index (Phi) is 5.53. The van der Waals surface area contributed by atoms with E-state index in [1.165, 1.54) is 0 Å². The quantitative estimate of drug-likeness (QED) is 0.380. The fourth-order valence-electron chi connectivity index (χ4n) is 0. The number of rotatable bonds is 0. The van der Waals surface area contributed by atoms with Crippen LogP contribution in [-0.2, 0) is 8.55 Å². The molecule has 6 heteroatoms. The van der Waals surface area contributed by atoms with Crippen molar-refractivity contribution in [2.75, 3.05) is 0 Å². The van der Waals surface area contributed by atoms with Crippen molar-refractivity contribution < 1.29 is 13.0 Å². The Balaban J connectivity index is 0. The summed E-state index contributed by atoms with van der Waals surface area (Å²) in [5.41, 5.74) is 0. The van der Waals surface area contributed by atoms with Crippen LogP contribution in [0.4, 0.5) is 0 Å². The van der Waals surface area contributed by atoms with Crippen molar-refractivity contribution in [2.45, 2.75) is 0 Å². The second kappa shape index (κ2) is 3.24. The molecule has 0 saturated carbocycles. The molecule has 0 bridgehead atoms. The Hall–Kier alpha value is 1.21. The van der Waals surface area contributed by atoms with Gasteiger partial charge in [0.2, 0.25) is 0 Å². The molecule has 0 rings (SSSR count). The molecular formula is HBrO3SSb+3. The molecule has 0 saturated heterocycles. The Bertz CT molecular complexity index is 94.0. The van der Waals surface area contributed by atoms with Crippen molar-refractivity contribution >= 4 is 47.8 Å². The van der Waals surface area contributed by atoms with Gasteiger partial charge >= 0.3 is 33.0 Å². The maximum absolute atomic E-state index is 9.10. The van der Waals surface area contributed by atoms with Gasteiger partial charge in [-0.1, -0.05) is 0 Å². The normalized spacial score (nSPS) is 9.67. The zero-order valence-electron chi connectivity index (χ0n) is 2.50. The van der Waals surface area contributed by atoms with Gasteiger partial charge in [-0.15, -0.1) is 0 Å². The van der Waals surface area contributed by atoms with Gasteiger partial charge in [-0.25, -0.2) is 0 Å². The first-order valence-corrected chi connectivity index (χ1v) is 3.95. The number of hydrogen-bond acceptors (Lipinski definition) is 2. The molecule has 0 unspecified atom stereocenters. The summed E-state index contributed by atoms with van der Waals surface area (Å²) in [6.45, 7) is 0. The average Bonchev–Trinajstić information content (AvgIpc) is 0.722. The van der Waals surface area contributed by atoms with Crippen LogP contribution < -0.4 is 0 Å². The van der Waals surface area contributed by atoms with E-state index in [0.29, 0.717) is 0 Å². The maximum atomic E-state index is 9.10. The molecule has 0 aromatic carbocycles. The number of hydrogen-bond donors (Lipinski definition) is 1. The van der Waals surface area contributed by atoms with Gasteiger partial charge in [0.1, 0.15) is 0 Å². The van der Waals surface area contributed by atoms with Gasteiger partial charge in [0, 0.05) is 0 Å². The SMILES string of the molecule is O=S(=O)(O)Br.[Sb+3]. The molecule has 0 aromatic heterocycles. The predicted octanol–water partition coefficient (Wildman–Crippen LogP) is -0.197. The Labute approximate surface area is 60.5 Å². The van der Waals surface area contributed by atoms with Crippen LogP contribution in [-0.4, -0.2) is 37.4 Å². The van der Waals surface area contributed by atoms with Crippen LogP contribution in [0.1, 0.15) is 0 Å². The first-order chi connectivity index (χ1) is 2.00. The summed E-state index contributed by atoms with van der Waals surface area (Å²) >= 11 is 1.90. The summed E-state index contributed by atoms with van der Waals surface area (Å²) in [7, 11) is -3.85. The van der Waals surface area contributed by atoms with E-state index in [1.54, 1.807) is 0 Å². The molecule has 2 radical (unpaired) electrons. The van der Waals surface area contributed by atoms with Crippen molar-refractivity contribution in [1.82, 2.24) is 0 Å². The van der Waals surface area contributed by atoms with Gasteiger partial charge in [0.25, 0.3) is 0 Å². The minimum atomic E-state index is -3.85. The molecule has 0 aliphatic heterocycles. The summed E-state index contributed by atoms with van der Waals surface area (Å²) in [5.74, 6) is 0. The molecule has 0 atom stereocenters. The van der Waals surface area contributed by atoms with Crippen LogP contribution in [0.3, 0.4) is 0 Å². The third kappa shape index (κ3) is 63.2. The molecule has 0 amide bonds. The smallest absolute Gasteiger partial charge is 0.277 e. The molecule has 0 fully saturated rings. The predicted molar refractivity (Wildman–Crippen MR) is 26.2 cm³/mol. The van der Waals surface area contributed by atoms with E-state index in [9.17, 15) is 0 Å².